The lowest BCUT2D eigenvalue weighted by atomic mass is 10.2. The molecule has 0 saturated heterocycles. The minimum Gasteiger partial charge on any atom is -0.494 e. The van der Waals surface area contributed by atoms with Gasteiger partial charge >= 0.3 is 0 Å². The fraction of sp³-hybridized carbons (Fsp3) is 0.538. The van der Waals surface area contributed by atoms with Gasteiger partial charge in [-0.15, -0.1) is 12.4 Å². The summed E-state index contributed by atoms with van der Waals surface area (Å²) < 4.78 is 5.28. The van der Waals surface area contributed by atoms with Crippen molar-refractivity contribution in [1.82, 2.24) is 5.32 Å². The molecule has 0 atom stereocenters. The Labute approximate surface area is 125 Å². The number of nitro benzene ring substituents is 1. The summed E-state index contributed by atoms with van der Waals surface area (Å²) in [4.78, 5) is 12.8. The predicted octanol–water partition coefficient (Wildman–Crippen LogP) is 2.46. The van der Waals surface area contributed by atoms with E-state index in [0.717, 1.165) is 19.5 Å². The Morgan fingerprint density at radius 2 is 2.10 bits per heavy atom. The maximum absolute atomic E-state index is 11.2. The summed E-state index contributed by atoms with van der Waals surface area (Å²) in [7, 11) is 3.39. The van der Waals surface area contributed by atoms with Gasteiger partial charge in [0.25, 0.3) is 5.69 Å². The highest BCUT2D eigenvalue weighted by molar-refractivity contribution is 5.85. The van der Waals surface area contributed by atoms with Gasteiger partial charge < -0.3 is 15.0 Å². The highest BCUT2D eigenvalue weighted by Gasteiger charge is 2.23. The van der Waals surface area contributed by atoms with Crippen LogP contribution >= 0.6 is 12.4 Å². The summed E-state index contributed by atoms with van der Waals surface area (Å²) in [6.45, 7) is 4.26. The van der Waals surface area contributed by atoms with E-state index in [9.17, 15) is 10.1 Å². The molecule has 0 aliphatic rings. The first-order chi connectivity index (χ1) is 9.15. The van der Waals surface area contributed by atoms with Gasteiger partial charge in [0.15, 0.2) is 5.69 Å². The molecule has 0 aromatic heterocycles. The van der Waals surface area contributed by atoms with Gasteiger partial charge in [-0.25, -0.2) is 0 Å². The molecule has 7 heteroatoms. The van der Waals surface area contributed by atoms with Crippen molar-refractivity contribution in [3.63, 3.8) is 0 Å². The third-order valence-corrected chi connectivity index (χ3v) is 2.84. The molecule has 1 aromatic carbocycles. The van der Waals surface area contributed by atoms with Crippen molar-refractivity contribution in [2.75, 3.05) is 38.7 Å². The Bertz CT molecular complexity index is 429. The molecule has 0 aliphatic heterocycles. The van der Waals surface area contributed by atoms with Gasteiger partial charge in [0, 0.05) is 25.7 Å². The van der Waals surface area contributed by atoms with E-state index in [1.165, 1.54) is 13.2 Å². The SMILES string of the molecule is CCCN(CCNC)c1c(OC)cccc1[N+](=O)[O-].Cl. The number of nitro groups is 1. The fourth-order valence-electron chi connectivity index (χ4n) is 1.99. The zero-order valence-electron chi connectivity index (χ0n) is 12.1. The Balaban J connectivity index is 0.00000361. The summed E-state index contributed by atoms with van der Waals surface area (Å²) in [5.74, 6) is 0.541. The standard InChI is InChI=1S/C13H21N3O3.ClH/c1-4-9-15(10-8-14-2)13-11(16(17)18)6-5-7-12(13)19-3;/h5-7,14H,4,8-10H2,1-3H3;1H. The first-order valence-electron chi connectivity index (χ1n) is 6.36. The van der Waals surface area contributed by atoms with Gasteiger partial charge in [-0.2, -0.15) is 0 Å². The second-order valence-electron chi connectivity index (χ2n) is 4.18. The largest absolute Gasteiger partial charge is 0.494 e. The van der Waals surface area contributed by atoms with Crippen LogP contribution in [0, 0.1) is 10.1 Å². The van der Waals surface area contributed by atoms with Crippen LogP contribution in [0.2, 0.25) is 0 Å². The monoisotopic (exact) mass is 303 g/mol. The van der Waals surface area contributed by atoms with Crippen LogP contribution in [-0.2, 0) is 0 Å². The van der Waals surface area contributed by atoms with E-state index in [2.05, 4.69) is 5.32 Å². The number of likely N-dealkylation sites (N-methyl/N-ethyl adjacent to an activating group) is 1. The van der Waals surface area contributed by atoms with Crippen molar-refractivity contribution in [3.8, 4) is 5.75 Å². The number of benzene rings is 1. The maximum atomic E-state index is 11.2. The number of hydrogen-bond donors (Lipinski definition) is 1. The van der Waals surface area contributed by atoms with Crippen LogP contribution < -0.4 is 15.0 Å². The maximum Gasteiger partial charge on any atom is 0.296 e. The second-order valence-corrected chi connectivity index (χ2v) is 4.18. The third-order valence-electron chi connectivity index (χ3n) is 2.84. The Kier molecular flexibility index (Phi) is 8.67. The van der Waals surface area contributed by atoms with E-state index >= 15 is 0 Å². The van der Waals surface area contributed by atoms with Crippen molar-refractivity contribution < 1.29 is 9.66 Å². The summed E-state index contributed by atoms with van der Waals surface area (Å²) in [5, 5.41) is 14.2. The summed E-state index contributed by atoms with van der Waals surface area (Å²) in [6, 6.07) is 4.91. The van der Waals surface area contributed by atoms with Crippen LogP contribution in [0.1, 0.15) is 13.3 Å². The molecule has 0 unspecified atom stereocenters. The minimum absolute atomic E-state index is 0. The smallest absolute Gasteiger partial charge is 0.296 e. The summed E-state index contributed by atoms with van der Waals surface area (Å²) in [5.41, 5.74) is 0.649. The molecular formula is C13H22ClN3O3. The zero-order chi connectivity index (χ0) is 14.3. The third kappa shape index (κ3) is 4.54. The number of ether oxygens (including phenoxy) is 1. The van der Waals surface area contributed by atoms with E-state index in [1.807, 2.05) is 18.9 Å². The number of para-hydroxylation sites is 1. The fourth-order valence-corrected chi connectivity index (χ4v) is 1.99. The summed E-state index contributed by atoms with van der Waals surface area (Å²) >= 11 is 0. The number of nitrogens with one attached hydrogen (secondary N) is 1. The first kappa shape index (κ1) is 18.5. The highest BCUT2D eigenvalue weighted by Crippen LogP contribution is 2.37. The molecule has 114 valence electrons. The van der Waals surface area contributed by atoms with Crippen LogP contribution in [0.5, 0.6) is 5.75 Å². The minimum atomic E-state index is -0.361. The zero-order valence-corrected chi connectivity index (χ0v) is 12.9. The Morgan fingerprint density at radius 3 is 2.60 bits per heavy atom. The average molecular weight is 304 g/mol. The predicted molar refractivity (Wildman–Crippen MR) is 83.3 cm³/mol. The molecule has 0 spiro atoms. The van der Waals surface area contributed by atoms with Crippen molar-refractivity contribution in [2.45, 2.75) is 13.3 Å². The van der Waals surface area contributed by atoms with Crippen molar-refractivity contribution >= 4 is 23.8 Å². The van der Waals surface area contributed by atoms with Gasteiger partial charge in [-0.1, -0.05) is 13.0 Å². The van der Waals surface area contributed by atoms with Gasteiger partial charge in [0.1, 0.15) is 5.75 Å². The highest BCUT2D eigenvalue weighted by atomic mass is 35.5. The van der Waals surface area contributed by atoms with Crippen LogP contribution in [0.15, 0.2) is 18.2 Å². The Morgan fingerprint density at radius 1 is 1.40 bits per heavy atom. The summed E-state index contributed by atoms with van der Waals surface area (Å²) in [6.07, 6.45) is 0.916. The number of methoxy groups -OCH3 is 1. The average Bonchev–Trinajstić information content (AvgIpc) is 2.42. The number of anilines is 1. The van der Waals surface area contributed by atoms with Crippen LogP contribution in [0.3, 0.4) is 0 Å². The molecule has 0 heterocycles. The molecule has 0 bridgehead atoms. The van der Waals surface area contributed by atoms with Crippen LogP contribution in [-0.4, -0.2) is 38.7 Å². The number of rotatable bonds is 8. The van der Waals surface area contributed by atoms with E-state index in [4.69, 9.17) is 4.74 Å². The molecular weight excluding hydrogens is 282 g/mol. The van der Waals surface area contributed by atoms with E-state index in [-0.39, 0.29) is 23.0 Å². The number of nitrogens with zero attached hydrogens (tertiary/aromatic N) is 2. The molecule has 20 heavy (non-hydrogen) atoms. The molecule has 0 saturated carbocycles. The van der Waals surface area contributed by atoms with Gasteiger partial charge in [0.05, 0.1) is 12.0 Å². The first-order valence-corrected chi connectivity index (χ1v) is 6.36. The van der Waals surface area contributed by atoms with Gasteiger partial charge in [-0.3, -0.25) is 10.1 Å². The molecule has 0 amide bonds. The molecule has 0 radical (unpaired) electrons. The number of halogens is 1. The van der Waals surface area contributed by atoms with Gasteiger partial charge in [0.2, 0.25) is 0 Å². The quantitative estimate of drug-likeness (QED) is 0.590. The van der Waals surface area contributed by atoms with Crippen LogP contribution in [0.25, 0.3) is 0 Å². The van der Waals surface area contributed by atoms with E-state index in [1.54, 1.807) is 12.1 Å². The second kappa shape index (κ2) is 9.39. The van der Waals surface area contributed by atoms with Crippen LogP contribution in [0.4, 0.5) is 11.4 Å². The lowest BCUT2D eigenvalue weighted by molar-refractivity contribution is -0.384. The molecule has 1 rings (SSSR count). The Hall–Kier alpha value is -1.53. The van der Waals surface area contributed by atoms with Crippen molar-refractivity contribution in [3.05, 3.63) is 28.3 Å². The lowest BCUT2D eigenvalue weighted by Gasteiger charge is -2.25. The topological polar surface area (TPSA) is 67.6 Å². The van der Waals surface area contributed by atoms with Gasteiger partial charge in [-0.05, 0) is 19.5 Å². The van der Waals surface area contributed by atoms with E-state index in [0.29, 0.717) is 18.0 Å². The molecule has 0 aliphatic carbocycles. The molecule has 1 aromatic rings. The lowest BCUT2D eigenvalue weighted by Crippen LogP contribution is -2.32. The van der Waals surface area contributed by atoms with E-state index < -0.39 is 0 Å². The normalized spacial score (nSPS) is 9.75. The van der Waals surface area contributed by atoms with Crippen molar-refractivity contribution in [2.24, 2.45) is 0 Å². The van der Waals surface area contributed by atoms with Crippen molar-refractivity contribution in [1.29, 1.82) is 0 Å². The number of hydrogen-bond acceptors (Lipinski definition) is 5. The molecule has 0 fully saturated rings. The molecule has 6 nitrogen and oxygen atoms in total. The molecule has 1 N–H and O–H groups in total.